The molecule has 1 amide bonds. The summed E-state index contributed by atoms with van der Waals surface area (Å²) in [6.45, 7) is 3.01. The summed E-state index contributed by atoms with van der Waals surface area (Å²) in [6, 6.07) is 2.80. The first-order valence-electron chi connectivity index (χ1n) is 4.67. The molecule has 1 aromatic rings. The minimum Gasteiger partial charge on any atom is -0.375 e. The van der Waals surface area contributed by atoms with E-state index in [9.17, 15) is 14.3 Å². The molecule has 0 fully saturated rings. The number of carbonyl (C=O) groups excluding carboxylic acids is 1. The van der Waals surface area contributed by atoms with Crippen molar-refractivity contribution < 1.29 is 14.3 Å². The molecule has 0 saturated carbocycles. The van der Waals surface area contributed by atoms with Crippen LogP contribution in [0.25, 0.3) is 0 Å². The van der Waals surface area contributed by atoms with Crippen LogP contribution in [0.15, 0.2) is 12.1 Å². The van der Waals surface area contributed by atoms with Crippen LogP contribution in [0.2, 0.25) is 0 Å². The lowest BCUT2D eigenvalue weighted by atomic mass is 9.97. The summed E-state index contributed by atoms with van der Waals surface area (Å²) < 4.78 is 13.3. The number of nitrogens with zero attached hydrogens (tertiary/aromatic N) is 1. The average molecular weight is 209 g/mol. The highest BCUT2D eigenvalue weighted by molar-refractivity contribution is 6.06. The van der Waals surface area contributed by atoms with Crippen LogP contribution in [0.4, 0.5) is 10.1 Å². The fourth-order valence-electron chi connectivity index (χ4n) is 1.88. The van der Waals surface area contributed by atoms with Gasteiger partial charge in [-0.25, -0.2) is 4.39 Å². The first-order chi connectivity index (χ1) is 6.85. The molecule has 2 rings (SSSR count). The standard InChI is InChI=1S/C11H12FNO2/c1-6-4-9-7(5-8(6)12)11(2,15)10(14)13(9)3/h4-5,15H,1-3H3. The van der Waals surface area contributed by atoms with Crippen molar-refractivity contribution in [3.8, 4) is 0 Å². The van der Waals surface area contributed by atoms with Crippen molar-refractivity contribution in [3.63, 3.8) is 0 Å². The van der Waals surface area contributed by atoms with Gasteiger partial charge in [0.15, 0.2) is 5.60 Å². The molecule has 15 heavy (non-hydrogen) atoms. The Kier molecular flexibility index (Phi) is 1.88. The van der Waals surface area contributed by atoms with Gasteiger partial charge >= 0.3 is 0 Å². The van der Waals surface area contributed by atoms with Gasteiger partial charge in [0.05, 0.1) is 5.69 Å². The quantitative estimate of drug-likeness (QED) is 0.700. The molecule has 0 aromatic heterocycles. The normalized spacial score (nSPS) is 24.6. The van der Waals surface area contributed by atoms with Crippen LogP contribution >= 0.6 is 0 Å². The summed E-state index contributed by atoms with van der Waals surface area (Å²) in [5.41, 5.74) is -0.244. The van der Waals surface area contributed by atoms with Gasteiger partial charge < -0.3 is 10.0 Å². The average Bonchev–Trinajstić information content (AvgIpc) is 2.32. The van der Waals surface area contributed by atoms with Crippen molar-refractivity contribution in [3.05, 3.63) is 29.1 Å². The molecule has 1 N–H and O–H groups in total. The van der Waals surface area contributed by atoms with E-state index < -0.39 is 17.3 Å². The first kappa shape index (κ1) is 10.1. The topological polar surface area (TPSA) is 40.5 Å². The summed E-state index contributed by atoms with van der Waals surface area (Å²) in [6.07, 6.45) is 0. The minimum atomic E-state index is -1.61. The highest BCUT2D eigenvalue weighted by Gasteiger charge is 2.44. The molecule has 80 valence electrons. The summed E-state index contributed by atoms with van der Waals surface area (Å²) >= 11 is 0. The molecule has 1 heterocycles. The van der Waals surface area contributed by atoms with Crippen molar-refractivity contribution in [2.75, 3.05) is 11.9 Å². The predicted octanol–water partition coefficient (Wildman–Crippen LogP) is 1.32. The third-order valence-electron chi connectivity index (χ3n) is 2.88. The van der Waals surface area contributed by atoms with E-state index in [1.54, 1.807) is 20.0 Å². The Morgan fingerprint density at radius 3 is 2.67 bits per heavy atom. The number of hydrogen-bond donors (Lipinski definition) is 1. The molecule has 0 aliphatic carbocycles. The smallest absolute Gasteiger partial charge is 0.263 e. The van der Waals surface area contributed by atoms with Crippen molar-refractivity contribution in [1.29, 1.82) is 0 Å². The van der Waals surface area contributed by atoms with Gasteiger partial charge in [0.1, 0.15) is 5.82 Å². The van der Waals surface area contributed by atoms with E-state index in [1.807, 2.05) is 0 Å². The van der Waals surface area contributed by atoms with Crippen LogP contribution in [-0.4, -0.2) is 18.1 Å². The van der Waals surface area contributed by atoms with Crippen LogP contribution < -0.4 is 4.90 Å². The number of aliphatic hydroxyl groups is 1. The molecule has 0 spiro atoms. The third-order valence-corrected chi connectivity index (χ3v) is 2.88. The van der Waals surface area contributed by atoms with E-state index in [0.29, 0.717) is 16.8 Å². The summed E-state index contributed by atoms with van der Waals surface area (Å²) in [5, 5.41) is 9.94. The van der Waals surface area contributed by atoms with Crippen molar-refractivity contribution >= 4 is 11.6 Å². The van der Waals surface area contributed by atoms with E-state index in [0.717, 1.165) is 0 Å². The maximum absolute atomic E-state index is 13.3. The van der Waals surface area contributed by atoms with Gasteiger partial charge in [0.2, 0.25) is 0 Å². The molecule has 0 radical (unpaired) electrons. The second kappa shape index (κ2) is 2.79. The largest absolute Gasteiger partial charge is 0.375 e. The SMILES string of the molecule is Cc1cc2c(cc1F)C(C)(O)C(=O)N2C. The van der Waals surface area contributed by atoms with E-state index in [-0.39, 0.29) is 0 Å². The fourth-order valence-corrected chi connectivity index (χ4v) is 1.88. The number of benzene rings is 1. The van der Waals surface area contributed by atoms with E-state index in [2.05, 4.69) is 0 Å². The Hall–Kier alpha value is -1.42. The Morgan fingerprint density at radius 2 is 2.07 bits per heavy atom. The van der Waals surface area contributed by atoms with Crippen LogP contribution in [0.3, 0.4) is 0 Å². The van der Waals surface area contributed by atoms with Crippen molar-refractivity contribution in [1.82, 2.24) is 0 Å². The van der Waals surface area contributed by atoms with Crippen LogP contribution in [0.1, 0.15) is 18.1 Å². The van der Waals surface area contributed by atoms with Gasteiger partial charge in [-0.1, -0.05) is 0 Å². The maximum atomic E-state index is 13.3. The van der Waals surface area contributed by atoms with Gasteiger partial charge in [0.25, 0.3) is 5.91 Å². The number of hydrogen-bond acceptors (Lipinski definition) is 2. The van der Waals surface area contributed by atoms with Crippen LogP contribution in [-0.2, 0) is 10.4 Å². The number of halogens is 1. The van der Waals surface area contributed by atoms with Crippen molar-refractivity contribution in [2.24, 2.45) is 0 Å². The molecule has 1 aliphatic rings. The highest BCUT2D eigenvalue weighted by atomic mass is 19.1. The van der Waals surface area contributed by atoms with Gasteiger partial charge in [-0.2, -0.15) is 0 Å². The van der Waals surface area contributed by atoms with Gasteiger partial charge in [-0.05, 0) is 31.5 Å². The molecule has 0 saturated heterocycles. The Morgan fingerprint density at radius 1 is 1.47 bits per heavy atom. The second-order valence-electron chi connectivity index (χ2n) is 4.05. The van der Waals surface area contributed by atoms with E-state index in [4.69, 9.17) is 0 Å². The molecule has 3 nitrogen and oxygen atoms in total. The van der Waals surface area contributed by atoms with Gasteiger partial charge in [0, 0.05) is 12.6 Å². The van der Waals surface area contributed by atoms with E-state index in [1.165, 1.54) is 17.9 Å². The van der Waals surface area contributed by atoms with E-state index >= 15 is 0 Å². The zero-order valence-electron chi connectivity index (χ0n) is 8.84. The molecular formula is C11H12FNO2. The van der Waals surface area contributed by atoms with Gasteiger partial charge in [-0.15, -0.1) is 0 Å². The third kappa shape index (κ3) is 1.18. The van der Waals surface area contributed by atoms with Crippen LogP contribution in [0, 0.1) is 12.7 Å². The number of anilines is 1. The number of rotatable bonds is 0. The number of likely N-dealkylation sites (N-methyl/N-ethyl adjacent to an activating group) is 1. The Balaban J connectivity index is 2.72. The zero-order chi connectivity index (χ0) is 11.4. The summed E-state index contributed by atoms with van der Waals surface area (Å²) in [5.74, 6) is -0.834. The molecular weight excluding hydrogens is 197 g/mol. The van der Waals surface area contributed by atoms with Gasteiger partial charge in [-0.3, -0.25) is 4.79 Å². The summed E-state index contributed by atoms with van der Waals surface area (Å²) in [7, 11) is 1.57. The van der Waals surface area contributed by atoms with Crippen LogP contribution in [0.5, 0.6) is 0 Å². The maximum Gasteiger partial charge on any atom is 0.263 e. The number of carbonyl (C=O) groups is 1. The summed E-state index contributed by atoms with van der Waals surface area (Å²) in [4.78, 5) is 13.0. The predicted molar refractivity (Wildman–Crippen MR) is 54.1 cm³/mol. The molecule has 1 aromatic carbocycles. The lowest BCUT2D eigenvalue weighted by molar-refractivity contribution is -0.133. The van der Waals surface area contributed by atoms with Crippen molar-refractivity contribution in [2.45, 2.75) is 19.4 Å². The number of amides is 1. The monoisotopic (exact) mass is 209 g/mol. The minimum absolute atomic E-state index is 0.332. The fraction of sp³-hybridized carbons (Fsp3) is 0.364. The molecule has 0 bridgehead atoms. The molecule has 1 aliphatic heterocycles. The Labute approximate surface area is 87.1 Å². The Bertz CT molecular complexity index is 454. The number of fused-ring (bicyclic) bond motifs is 1. The highest BCUT2D eigenvalue weighted by Crippen LogP contribution is 2.40. The lowest BCUT2D eigenvalue weighted by Crippen LogP contribution is -2.35. The first-order valence-corrected chi connectivity index (χ1v) is 4.67. The lowest BCUT2D eigenvalue weighted by Gasteiger charge is -2.15. The number of aryl methyl sites for hydroxylation is 1. The zero-order valence-corrected chi connectivity index (χ0v) is 8.84. The second-order valence-corrected chi connectivity index (χ2v) is 4.05. The molecule has 4 heteroatoms. The molecule has 1 unspecified atom stereocenters. The molecule has 1 atom stereocenters.